The normalized spacial score (nSPS) is 15.3. The molecule has 2 aromatic rings. The number of hydrogen-bond donors (Lipinski definition) is 0. The molecule has 27 heavy (non-hydrogen) atoms. The van der Waals surface area contributed by atoms with Gasteiger partial charge in [0, 0.05) is 36.0 Å². The lowest BCUT2D eigenvalue weighted by Crippen LogP contribution is -2.37. The Morgan fingerprint density at radius 3 is 2.56 bits per heavy atom. The molecule has 1 fully saturated rings. The topological polar surface area (TPSA) is 59.2 Å². The summed E-state index contributed by atoms with van der Waals surface area (Å²) in [5, 5.41) is 4.79. The van der Waals surface area contributed by atoms with E-state index in [1.807, 2.05) is 29.2 Å². The summed E-state index contributed by atoms with van der Waals surface area (Å²) in [5.74, 6) is 1.78. The zero-order valence-electron chi connectivity index (χ0n) is 16.0. The van der Waals surface area contributed by atoms with Crippen molar-refractivity contribution in [2.24, 2.45) is 0 Å². The maximum Gasteiger partial charge on any atom is 0.230 e. The highest BCUT2D eigenvalue weighted by Crippen LogP contribution is 2.29. The Hall–Kier alpha value is -1.88. The molecule has 1 aromatic heterocycles. The highest BCUT2D eigenvalue weighted by Gasteiger charge is 2.27. The Morgan fingerprint density at radius 1 is 1.15 bits per heavy atom. The first-order chi connectivity index (χ1) is 13.2. The Morgan fingerprint density at radius 2 is 1.85 bits per heavy atom. The van der Waals surface area contributed by atoms with Crippen molar-refractivity contribution in [2.45, 2.75) is 64.2 Å². The van der Waals surface area contributed by atoms with Crippen LogP contribution in [-0.4, -0.2) is 34.0 Å². The summed E-state index contributed by atoms with van der Waals surface area (Å²) >= 11 is 5.92. The quantitative estimate of drug-likeness (QED) is 0.562. The largest absolute Gasteiger partial charge is 0.343 e. The van der Waals surface area contributed by atoms with Gasteiger partial charge in [0.15, 0.2) is 0 Å². The van der Waals surface area contributed by atoms with Crippen molar-refractivity contribution in [3.63, 3.8) is 0 Å². The lowest BCUT2D eigenvalue weighted by atomic mass is 9.96. The van der Waals surface area contributed by atoms with Crippen molar-refractivity contribution in [1.82, 2.24) is 15.0 Å². The number of carbonyl (C=O) groups is 1. The molecule has 0 spiro atoms. The summed E-state index contributed by atoms with van der Waals surface area (Å²) in [5.41, 5.74) is 0.894. The summed E-state index contributed by atoms with van der Waals surface area (Å²) in [6.45, 7) is 3.76. The van der Waals surface area contributed by atoms with Crippen LogP contribution in [0.25, 0.3) is 11.4 Å². The molecule has 0 aliphatic carbocycles. The smallest absolute Gasteiger partial charge is 0.230 e. The van der Waals surface area contributed by atoms with E-state index in [0.717, 1.165) is 44.3 Å². The third kappa shape index (κ3) is 5.55. The molecule has 0 radical (unpaired) electrons. The van der Waals surface area contributed by atoms with Crippen LogP contribution in [0.3, 0.4) is 0 Å². The van der Waals surface area contributed by atoms with Crippen LogP contribution in [0, 0.1) is 0 Å². The lowest BCUT2D eigenvalue weighted by Gasteiger charge is -2.30. The van der Waals surface area contributed by atoms with Crippen LogP contribution in [0.4, 0.5) is 0 Å². The van der Waals surface area contributed by atoms with E-state index in [9.17, 15) is 4.79 Å². The fourth-order valence-corrected chi connectivity index (χ4v) is 3.66. The third-order valence-electron chi connectivity index (χ3n) is 5.24. The molecular weight excluding hydrogens is 362 g/mol. The van der Waals surface area contributed by atoms with Gasteiger partial charge in [0.2, 0.25) is 17.6 Å². The van der Waals surface area contributed by atoms with Crippen molar-refractivity contribution in [3.8, 4) is 11.4 Å². The number of likely N-dealkylation sites (tertiary alicyclic amines) is 1. The number of piperidine rings is 1. The van der Waals surface area contributed by atoms with Crippen molar-refractivity contribution in [2.75, 3.05) is 13.1 Å². The van der Waals surface area contributed by atoms with Crippen molar-refractivity contribution >= 4 is 17.5 Å². The number of nitrogens with zero attached hydrogens (tertiary/aromatic N) is 3. The summed E-state index contributed by atoms with van der Waals surface area (Å²) in [6.07, 6.45) is 8.33. The Labute approximate surface area is 166 Å². The van der Waals surface area contributed by atoms with Crippen molar-refractivity contribution in [3.05, 3.63) is 35.2 Å². The van der Waals surface area contributed by atoms with Crippen LogP contribution in [-0.2, 0) is 4.79 Å². The molecule has 1 aliphatic rings. The van der Waals surface area contributed by atoms with Crippen molar-refractivity contribution < 1.29 is 9.32 Å². The van der Waals surface area contributed by atoms with Gasteiger partial charge in [-0.25, -0.2) is 0 Å². The first kappa shape index (κ1) is 19.9. The first-order valence-corrected chi connectivity index (χ1v) is 10.4. The average molecular weight is 390 g/mol. The number of carbonyl (C=O) groups excluding carboxylic acids is 1. The number of hydrogen-bond acceptors (Lipinski definition) is 4. The Kier molecular flexibility index (Phi) is 7.27. The van der Waals surface area contributed by atoms with E-state index < -0.39 is 0 Å². The molecule has 1 saturated heterocycles. The number of rotatable bonds is 8. The molecule has 0 N–H and O–H groups in total. The molecule has 1 aromatic carbocycles. The number of unbranched alkanes of at least 4 members (excludes halogenated alkanes) is 4. The van der Waals surface area contributed by atoms with E-state index in [1.165, 1.54) is 19.3 Å². The van der Waals surface area contributed by atoms with Crippen LogP contribution >= 0.6 is 11.6 Å². The van der Waals surface area contributed by atoms with Gasteiger partial charge in [-0.05, 0) is 43.5 Å². The van der Waals surface area contributed by atoms with Gasteiger partial charge in [-0.1, -0.05) is 49.4 Å². The van der Waals surface area contributed by atoms with E-state index in [4.69, 9.17) is 16.1 Å². The molecule has 0 saturated carbocycles. The number of benzene rings is 1. The maximum absolute atomic E-state index is 12.4. The second kappa shape index (κ2) is 9.88. The fraction of sp³-hybridized carbons (Fsp3) is 0.571. The monoisotopic (exact) mass is 389 g/mol. The van der Waals surface area contributed by atoms with Crippen LogP contribution < -0.4 is 0 Å². The maximum atomic E-state index is 12.4. The van der Waals surface area contributed by atoms with Crippen LogP contribution in [0.5, 0.6) is 0 Å². The molecule has 0 atom stereocenters. The summed E-state index contributed by atoms with van der Waals surface area (Å²) in [4.78, 5) is 18.9. The molecule has 1 aliphatic heterocycles. The Balaban J connectivity index is 1.46. The Bertz CT molecular complexity index is 721. The molecule has 3 rings (SSSR count). The average Bonchev–Trinajstić information content (AvgIpc) is 3.18. The molecule has 6 heteroatoms. The summed E-state index contributed by atoms with van der Waals surface area (Å²) < 4.78 is 5.49. The molecule has 1 amide bonds. The van der Waals surface area contributed by atoms with Crippen molar-refractivity contribution in [1.29, 1.82) is 0 Å². The molecular formula is C21H28ClN3O2. The second-order valence-corrected chi connectivity index (χ2v) is 7.72. The lowest BCUT2D eigenvalue weighted by molar-refractivity contribution is -0.132. The van der Waals surface area contributed by atoms with E-state index in [0.29, 0.717) is 23.2 Å². The zero-order valence-corrected chi connectivity index (χ0v) is 16.7. The highest BCUT2D eigenvalue weighted by molar-refractivity contribution is 6.30. The first-order valence-electron chi connectivity index (χ1n) is 10.0. The second-order valence-electron chi connectivity index (χ2n) is 7.28. The minimum atomic E-state index is 0.229. The van der Waals surface area contributed by atoms with E-state index in [2.05, 4.69) is 17.1 Å². The molecule has 146 valence electrons. The van der Waals surface area contributed by atoms with E-state index in [-0.39, 0.29) is 11.8 Å². The predicted octanol–water partition coefficient (Wildman–Crippen LogP) is 5.46. The van der Waals surface area contributed by atoms with Gasteiger partial charge in [0.1, 0.15) is 0 Å². The van der Waals surface area contributed by atoms with Gasteiger partial charge >= 0.3 is 0 Å². The fourth-order valence-electron chi connectivity index (χ4n) is 3.53. The van der Waals surface area contributed by atoms with E-state index in [1.54, 1.807) is 0 Å². The number of amides is 1. The molecule has 0 bridgehead atoms. The third-order valence-corrected chi connectivity index (χ3v) is 5.49. The summed E-state index contributed by atoms with van der Waals surface area (Å²) in [7, 11) is 0. The molecule has 2 heterocycles. The minimum absolute atomic E-state index is 0.229. The van der Waals surface area contributed by atoms with Crippen LogP contribution in [0.15, 0.2) is 28.8 Å². The predicted molar refractivity (Wildman–Crippen MR) is 107 cm³/mol. The van der Waals surface area contributed by atoms with E-state index >= 15 is 0 Å². The number of aromatic nitrogens is 2. The standard InChI is InChI=1S/C21H28ClN3O2/c1-2-3-4-5-6-7-19(26)25-14-12-17(13-15-25)21-23-20(24-27-21)16-8-10-18(22)11-9-16/h8-11,17H,2-7,12-15H2,1H3. The van der Waals surface area contributed by atoms with Gasteiger partial charge in [-0.3, -0.25) is 4.79 Å². The SMILES string of the molecule is CCCCCCCC(=O)N1CCC(c2nc(-c3ccc(Cl)cc3)no2)CC1. The highest BCUT2D eigenvalue weighted by atomic mass is 35.5. The molecule has 5 nitrogen and oxygen atoms in total. The van der Waals surface area contributed by atoms with Crippen LogP contribution in [0.1, 0.15) is 70.1 Å². The van der Waals surface area contributed by atoms with Gasteiger partial charge in [-0.15, -0.1) is 0 Å². The van der Waals surface area contributed by atoms with Crippen LogP contribution in [0.2, 0.25) is 5.02 Å². The molecule has 0 unspecified atom stereocenters. The summed E-state index contributed by atoms with van der Waals surface area (Å²) in [6, 6.07) is 7.41. The van der Waals surface area contributed by atoms with Gasteiger partial charge in [0.25, 0.3) is 0 Å². The van der Waals surface area contributed by atoms with Gasteiger partial charge in [0.05, 0.1) is 0 Å². The minimum Gasteiger partial charge on any atom is -0.343 e. The van der Waals surface area contributed by atoms with Gasteiger partial charge < -0.3 is 9.42 Å². The number of halogens is 1. The zero-order chi connectivity index (χ0) is 19.1. The van der Waals surface area contributed by atoms with Gasteiger partial charge in [-0.2, -0.15) is 4.98 Å².